The molecule has 0 aromatic carbocycles. The van der Waals surface area contributed by atoms with Crippen molar-refractivity contribution in [2.24, 2.45) is 5.92 Å². The number of carbonyl (C=O) groups excluding carboxylic acids is 1. The highest BCUT2D eigenvalue weighted by Gasteiger charge is 2.27. The fourth-order valence-electron chi connectivity index (χ4n) is 3.30. The lowest BCUT2D eigenvalue weighted by atomic mass is 9.84. The molecule has 1 amide bonds. The van der Waals surface area contributed by atoms with Gasteiger partial charge >= 0.3 is 0 Å². The highest BCUT2D eigenvalue weighted by Crippen LogP contribution is 2.25. The van der Waals surface area contributed by atoms with Crippen molar-refractivity contribution in [3.8, 4) is 0 Å². The minimum Gasteiger partial charge on any atom is -0.351 e. The molecule has 2 unspecified atom stereocenters. The second-order valence-electron chi connectivity index (χ2n) is 6.62. The number of hydrogen-bond donors (Lipinski definition) is 1. The first-order valence-corrected chi connectivity index (χ1v) is 8.40. The first kappa shape index (κ1) is 17.3. The second-order valence-corrected chi connectivity index (χ2v) is 7.00. The van der Waals surface area contributed by atoms with Crippen LogP contribution in [0.4, 0.5) is 0 Å². The van der Waals surface area contributed by atoms with Gasteiger partial charge in [0.15, 0.2) is 0 Å². The van der Waals surface area contributed by atoms with Gasteiger partial charge in [0.2, 0.25) is 5.91 Å². The molecule has 1 N–H and O–H groups in total. The molecule has 1 heterocycles. The Kier molecular flexibility index (Phi) is 5.87. The Balaban J connectivity index is 1.96. The van der Waals surface area contributed by atoms with Crippen LogP contribution >= 0.6 is 11.6 Å². The van der Waals surface area contributed by atoms with E-state index in [4.69, 9.17) is 11.6 Å². The Labute approximate surface area is 138 Å². The van der Waals surface area contributed by atoms with Crippen LogP contribution in [-0.2, 0) is 11.3 Å². The molecule has 2 rings (SSSR count). The summed E-state index contributed by atoms with van der Waals surface area (Å²) in [6.07, 6.45) is 4.72. The van der Waals surface area contributed by atoms with E-state index in [1.807, 2.05) is 13.8 Å². The van der Waals surface area contributed by atoms with Crippen LogP contribution in [0.3, 0.4) is 0 Å². The molecule has 0 bridgehead atoms. The first-order chi connectivity index (χ1) is 10.4. The van der Waals surface area contributed by atoms with Crippen LogP contribution in [-0.4, -0.2) is 47.3 Å². The van der Waals surface area contributed by atoms with Crippen LogP contribution in [0, 0.1) is 19.8 Å². The van der Waals surface area contributed by atoms with E-state index in [1.165, 1.54) is 19.3 Å². The van der Waals surface area contributed by atoms with E-state index in [0.29, 0.717) is 10.9 Å². The average Bonchev–Trinajstić information content (AvgIpc) is 2.68. The molecule has 1 saturated carbocycles. The number of nitrogens with one attached hydrogen (secondary N) is 1. The molecule has 1 aliphatic rings. The van der Waals surface area contributed by atoms with E-state index in [9.17, 15) is 4.79 Å². The van der Waals surface area contributed by atoms with Crippen molar-refractivity contribution in [1.29, 1.82) is 0 Å². The van der Waals surface area contributed by atoms with Crippen molar-refractivity contribution >= 4 is 17.5 Å². The molecule has 0 saturated heterocycles. The Morgan fingerprint density at radius 2 is 2.05 bits per heavy atom. The van der Waals surface area contributed by atoms with E-state index < -0.39 is 0 Å². The van der Waals surface area contributed by atoms with Crippen molar-refractivity contribution < 1.29 is 4.79 Å². The third-order valence-electron chi connectivity index (χ3n) is 4.44. The smallest absolute Gasteiger partial charge is 0.241 e. The summed E-state index contributed by atoms with van der Waals surface area (Å²) in [5, 5.41) is 8.18. The van der Waals surface area contributed by atoms with E-state index in [0.717, 1.165) is 24.4 Å². The van der Waals surface area contributed by atoms with Gasteiger partial charge < -0.3 is 10.2 Å². The molecule has 124 valence electrons. The fourth-order valence-corrected chi connectivity index (χ4v) is 3.44. The number of carbonyl (C=O) groups is 1. The number of halogens is 1. The van der Waals surface area contributed by atoms with Gasteiger partial charge in [0, 0.05) is 12.6 Å². The summed E-state index contributed by atoms with van der Waals surface area (Å²) in [5.41, 5.74) is 1.62. The van der Waals surface area contributed by atoms with Gasteiger partial charge in [-0.2, -0.15) is 5.10 Å². The van der Waals surface area contributed by atoms with Crippen LogP contribution in [0.5, 0.6) is 0 Å². The van der Waals surface area contributed by atoms with Crippen molar-refractivity contribution in [3.05, 3.63) is 16.4 Å². The summed E-state index contributed by atoms with van der Waals surface area (Å²) in [7, 11) is 4.18. The zero-order valence-electron chi connectivity index (χ0n) is 14.0. The minimum absolute atomic E-state index is 0.0259. The summed E-state index contributed by atoms with van der Waals surface area (Å²) >= 11 is 6.13. The highest BCUT2D eigenvalue weighted by molar-refractivity contribution is 6.31. The van der Waals surface area contributed by atoms with Crippen molar-refractivity contribution in [2.45, 2.75) is 52.1 Å². The van der Waals surface area contributed by atoms with Crippen molar-refractivity contribution in [1.82, 2.24) is 20.0 Å². The summed E-state index contributed by atoms with van der Waals surface area (Å²) in [6.45, 7) is 5.02. The molecule has 2 atom stereocenters. The number of amides is 1. The maximum absolute atomic E-state index is 12.4. The summed E-state index contributed by atoms with van der Waals surface area (Å²) in [6, 6.07) is 0.274. The molecule has 1 aliphatic carbocycles. The first-order valence-electron chi connectivity index (χ1n) is 8.02. The highest BCUT2D eigenvalue weighted by atomic mass is 35.5. The average molecular weight is 327 g/mol. The van der Waals surface area contributed by atoms with Gasteiger partial charge in [-0.15, -0.1) is 0 Å². The Hall–Kier alpha value is -1.07. The quantitative estimate of drug-likeness (QED) is 0.904. The Morgan fingerprint density at radius 3 is 2.64 bits per heavy atom. The van der Waals surface area contributed by atoms with Crippen LogP contribution in [0.25, 0.3) is 0 Å². The van der Waals surface area contributed by atoms with Gasteiger partial charge in [-0.25, -0.2) is 0 Å². The van der Waals surface area contributed by atoms with E-state index in [-0.39, 0.29) is 18.5 Å². The number of nitrogens with zero attached hydrogens (tertiary/aromatic N) is 3. The van der Waals surface area contributed by atoms with Gasteiger partial charge in [-0.05, 0) is 46.7 Å². The van der Waals surface area contributed by atoms with E-state index >= 15 is 0 Å². The molecular formula is C16H27ClN4O. The molecule has 5 nitrogen and oxygen atoms in total. The lowest BCUT2D eigenvalue weighted by molar-refractivity contribution is -0.123. The van der Waals surface area contributed by atoms with Crippen LogP contribution < -0.4 is 5.32 Å². The molecule has 6 heteroatoms. The predicted molar refractivity (Wildman–Crippen MR) is 89.2 cm³/mol. The SMILES string of the molecule is Cc1nn(CC(=O)NC2CCCCC2CN(C)C)c(C)c1Cl. The summed E-state index contributed by atoms with van der Waals surface area (Å²) in [5.74, 6) is 0.565. The molecule has 1 fully saturated rings. The molecule has 0 spiro atoms. The zero-order chi connectivity index (χ0) is 16.3. The number of aromatic nitrogens is 2. The lowest BCUT2D eigenvalue weighted by Gasteiger charge is -2.34. The van der Waals surface area contributed by atoms with Gasteiger partial charge in [0.25, 0.3) is 0 Å². The third-order valence-corrected chi connectivity index (χ3v) is 4.99. The Morgan fingerprint density at radius 1 is 1.36 bits per heavy atom. The van der Waals surface area contributed by atoms with Crippen molar-refractivity contribution in [3.63, 3.8) is 0 Å². The van der Waals surface area contributed by atoms with Crippen LogP contribution in [0.2, 0.25) is 5.02 Å². The standard InChI is InChI=1S/C16H27ClN4O/c1-11-16(17)12(2)21(19-11)10-15(22)18-14-8-6-5-7-13(14)9-20(3)4/h13-14H,5-10H2,1-4H3,(H,18,22). The fraction of sp³-hybridized carbons (Fsp3) is 0.750. The molecule has 1 aromatic rings. The summed E-state index contributed by atoms with van der Waals surface area (Å²) in [4.78, 5) is 14.6. The number of aryl methyl sites for hydroxylation is 1. The van der Waals surface area contributed by atoms with Gasteiger partial charge in [-0.3, -0.25) is 9.48 Å². The van der Waals surface area contributed by atoms with Gasteiger partial charge in [0.05, 0.1) is 16.4 Å². The number of hydrogen-bond acceptors (Lipinski definition) is 3. The maximum Gasteiger partial charge on any atom is 0.241 e. The van der Waals surface area contributed by atoms with Gasteiger partial charge in [-0.1, -0.05) is 24.4 Å². The van der Waals surface area contributed by atoms with E-state index in [1.54, 1.807) is 4.68 Å². The normalized spacial score (nSPS) is 22.1. The third kappa shape index (κ3) is 4.23. The molecule has 22 heavy (non-hydrogen) atoms. The topological polar surface area (TPSA) is 50.2 Å². The molecule has 1 aromatic heterocycles. The molecule has 0 aliphatic heterocycles. The lowest BCUT2D eigenvalue weighted by Crippen LogP contribution is -2.46. The molecule has 0 radical (unpaired) electrons. The zero-order valence-corrected chi connectivity index (χ0v) is 14.8. The van der Waals surface area contributed by atoms with Crippen molar-refractivity contribution in [2.75, 3.05) is 20.6 Å². The minimum atomic E-state index is 0.0259. The molecular weight excluding hydrogens is 300 g/mol. The monoisotopic (exact) mass is 326 g/mol. The number of rotatable bonds is 5. The maximum atomic E-state index is 12.4. The largest absolute Gasteiger partial charge is 0.351 e. The summed E-state index contributed by atoms with van der Waals surface area (Å²) < 4.78 is 1.69. The van der Waals surface area contributed by atoms with Gasteiger partial charge in [0.1, 0.15) is 6.54 Å². The van der Waals surface area contributed by atoms with E-state index in [2.05, 4.69) is 29.4 Å². The second kappa shape index (κ2) is 7.47. The van der Waals surface area contributed by atoms with Crippen LogP contribution in [0.15, 0.2) is 0 Å². The van der Waals surface area contributed by atoms with Crippen LogP contribution in [0.1, 0.15) is 37.1 Å². The predicted octanol–water partition coefficient (Wildman–Crippen LogP) is 2.39. The Bertz CT molecular complexity index is 526.